The summed E-state index contributed by atoms with van der Waals surface area (Å²) < 4.78 is 2.73. The van der Waals surface area contributed by atoms with E-state index in [2.05, 4.69) is 169 Å². The minimum Gasteiger partial charge on any atom is -0.310 e. The molecule has 0 saturated heterocycles. The third-order valence-corrected chi connectivity index (χ3v) is 21.7. The summed E-state index contributed by atoms with van der Waals surface area (Å²) in [6, 6.07) is 65.3. The average molecular weight is 934 g/mol. The first-order valence-electron chi connectivity index (χ1n) is 27.6. The summed E-state index contributed by atoms with van der Waals surface area (Å²) >= 11 is 1.96. The lowest BCUT2D eigenvalue weighted by molar-refractivity contribution is 0.357. The predicted octanol–water partition coefficient (Wildman–Crippen LogP) is 19.1. The Morgan fingerprint density at radius 2 is 0.972 bits per heavy atom. The molecule has 0 amide bonds. The first-order chi connectivity index (χ1) is 35.2. The second kappa shape index (κ2) is 14.9. The smallest absolute Gasteiger partial charge is 0.0726 e. The molecule has 1 spiro atoms. The minimum atomic E-state index is -0.411. The second-order valence-electron chi connectivity index (χ2n) is 23.6. The quantitative estimate of drug-likeness (QED) is 0.170. The lowest BCUT2D eigenvalue weighted by Gasteiger charge is -2.36. The van der Waals surface area contributed by atoms with Crippen LogP contribution in [0.3, 0.4) is 0 Å². The van der Waals surface area contributed by atoms with Crippen molar-refractivity contribution < 1.29 is 0 Å². The maximum atomic E-state index is 2.90. The summed E-state index contributed by atoms with van der Waals surface area (Å²) in [5, 5.41) is 2.73. The zero-order chi connectivity index (χ0) is 46.1. The molecule has 2 heteroatoms. The van der Waals surface area contributed by atoms with Crippen molar-refractivity contribution in [3.05, 3.63) is 208 Å². The third kappa shape index (κ3) is 5.53. The maximum absolute atomic E-state index is 2.90. The average Bonchev–Trinajstić information content (AvgIpc) is 4.16. The van der Waals surface area contributed by atoms with Gasteiger partial charge in [0.2, 0.25) is 0 Å². The highest BCUT2D eigenvalue weighted by Crippen LogP contribution is 2.70. The molecule has 0 aliphatic heterocycles. The molecule has 17 rings (SSSR count). The van der Waals surface area contributed by atoms with Crippen molar-refractivity contribution >= 4 is 48.6 Å². The SMILES string of the molecule is c1ccc(-c2ccc(N(c3ccc4c(c3)sc3ccccc34)c3c4c(cc5c3C3CC6CCCC5CC6C3)C3(c5ccccc5-c5ccccc53)c3cc5c(cc3-4)C3CC4CCCC5CC4C3)cc2)cc1. The van der Waals surface area contributed by atoms with E-state index in [1.54, 1.807) is 33.4 Å². The summed E-state index contributed by atoms with van der Waals surface area (Å²) in [6.07, 6.45) is 16.4. The van der Waals surface area contributed by atoms with Crippen molar-refractivity contribution in [2.75, 3.05) is 4.90 Å². The third-order valence-electron chi connectivity index (χ3n) is 20.5. The first-order valence-corrected chi connectivity index (χ1v) is 28.4. The van der Waals surface area contributed by atoms with E-state index in [-0.39, 0.29) is 0 Å². The van der Waals surface area contributed by atoms with Crippen LogP contribution in [-0.4, -0.2) is 0 Å². The van der Waals surface area contributed by atoms with E-state index in [0.717, 1.165) is 23.7 Å². The lowest BCUT2D eigenvalue weighted by Crippen LogP contribution is -2.27. The zero-order valence-electron chi connectivity index (χ0n) is 40.5. The van der Waals surface area contributed by atoms with Crippen molar-refractivity contribution in [1.29, 1.82) is 0 Å². The molecule has 71 heavy (non-hydrogen) atoms. The fourth-order valence-corrected chi connectivity index (χ4v) is 18.9. The fraction of sp³-hybridized carbons (Fsp3) is 0.304. The van der Waals surface area contributed by atoms with Crippen LogP contribution in [0, 0.1) is 23.7 Å². The lowest BCUT2D eigenvalue weighted by atomic mass is 9.68. The zero-order valence-corrected chi connectivity index (χ0v) is 41.4. The maximum Gasteiger partial charge on any atom is 0.0726 e. The molecule has 1 nitrogen and oxygen atoms in total. The summed E-state index contributed by atoms with van der Waals surface area (Å²) in [7, 11) is 0. The van der Waals surface area contributed by atoms with Gasteiger partial charge in [0.15, 0.2) is 0 Å². The molecule has 9 aromatic rings. The van der Waals surface area contributed by atoms with Crippen LogP contribution in [-0.2, 0) is 5.41 Å². The van der Waals surface area contributed by atoms with Gasteiger partial charge in [-0.1, -0.05) is 159 Å². The van der Waals surface area contributed by atoms with E-state index < -0.39 is 5.41 Å². The minimum absolute atomic E-state index is 0.411. The van der Waals surface area contributed by atoms with E-state index in [1.165, 1.54) is 159 Å². The fourth-order valence-electron chi connectivity index (χ4n) is 17.8. The van der Waals surface area contributed by atoms with Crippen molar-refractivity contribution in [1.82, 2.24) is 0 Å². The van der Waals surface area contributed by atoms with Gasteiger partial charge in [-0.2, -0.15) is 0 Å². The molecule has 1 heterocycles. The van der Waals surface area contributed by atoms with Crippen molar-refractivity contribution in [3.8, 4) is 33.4 Å². The van der Waals surface area contributed by atoms with Gasteiger partial charge in [0.1, 0.15) is 0 Å². The molecule has 8 unspecified atom stereocenters. The van der Waals surface area contributed by atoms with Gasteiger partial charge in [0.05, 0.1) is 11.1 Å². The standard InChI is InChI=1S/C69H59NS/c1-2-12-40(13-3-1)41-24-26-50(27-25-41)70(51-28-29-55-54-20-6-9-23-64(54)71-65(55)36-51)68-66-49-31-43-15-11-17-45(33-47(43)35-49)58(66)39-63-67(68)59-37-56-48-30-42-14-10-16-44(32-46(42)34-48)57(56)38-62(59)69(63)60-21-7-4-18-52(60)53-19-5-8-22-61(53)69/h1-9,12-13,18-29,36-39,42-49H,10-11,14-17,30-35H2. The first kappa shape index (κ1) is 40.4. The summed E-state index contributed by atoms with van der Waals surface area (Å²) in [6.45, 7) is 0. The van der Waals surface area contributed by atoms with E-state index in [0.29, 0.717) is 23.7 Å². The molecule has 0 radical (unpaired) electrons. The Hall–Kier alpha value is -6.22. The molecule has 8 aliphatic rings. The molecule has 8 aliphatic carbocycles. The number of fused-ring (bicyclic) bond motifs is 23. The number of nitrogens with zero attached hydrogens (tertiary/aromatic N) is 1. The number of anilines is 3. The number of hydrogen-bond donors (Lipinski definition) is 0. The molecular weight excluding hydrogens is 875 g/mol. The predicted molar refractivity (Wildman–Crippen MR) is 296 cm³/mol. The van der Waals surface area contributed by atoms with Gasteiger partial charge in [-0.25, -0.2) is 0 Å². The number of thiophene rings is 1. The van der Waals surface area contributed by atoms with E-state index in [9.17, 15) is 0 Å². The molecule has 0 N–H and O–H groups in total. The largest absolute Gasteiger partial charge is 0.310 e. The molecular formula is C69H59NS. The van der Waals surface area contributed by atoms with E-state index >= 15 is 0 Å². The Bertz CT molecular complexity index is 3640. The van der Waals surface area contributed by atoms with Gasteiger partial charge in [-0.3, -0.25) is 0 Å². The van der Waals surface area contributed by atoms with Crippen LogP contribution < -0.4 is 4.90 Å². The van der Waals surface area contributed by atoms with Crippen LogP contribution in [0.4, 0.5) is 17.1 Å². The van der Waals surface area contributed by atoms with Crippen LogP contribution in [0.15, 0.2) is 164 Å². The van der Waals surface area contributed by atoms with Crippen LogP contribution in [0.1, 0.15) is 145 Å². The van der Waals surface area contributed by atoms with Gasteiger partial charge >= 0.3 is 0 Å². The molecule has 8 aromatic carbocycles. The highest BCUT2D eigenvalue weighted by atomic mass is 32.1. The van der Waals surface area contributed by atoms with Gasteiger partial charge in [0, 0.05) is 37.1 Å². The van der Waals surface area contributed by atoms with Crippen molar-refractivity contribution in [3.63, 3.8) is 0 Å². The normalized spacial score (nSPS) is 26.3. The molecule has 1 aromatic heterocycles. The van der Waals surface area contributed by atoms with Gasteiger partial charge in [0.25, 0.3) is 0 Å². The molecule has 346 valence electrons. The van der Waals surface area contributed by atoms with Crippen LogP contribution in [0.5, 0.6) is 0 Å². The number of benzene rings is 8. The Labute approximate surface area is 422 Å². The van der Waals surface area contributed by atoms with Gasteiger partial charge < -0.3 is 4.90 Å². The second-order valence-corrected chi connectivity index (χ2v) is 24.7. The summed E-state index contributed by atoms with van der Waals surface area (Å²) in [5.74, 6) is 5.86. The number of rotatable bonds is 4. The Kier molecular flexibility index (Phi) is 8.49. The number of hydrogen-bond acceptors (Lipinski definition) is 2. The van der Waals surface area contributed by atoms with Crippen LogP contribution in [0.25, 0.3) is 53.6 Å². The monoisotopic (exact) mass is 933 g/mol. The van der Waals surface area contributed by atoms with E-state index in [1.807, 2.05) is 11.3 Å². The van der Waals surface area contributed by atoms with Gasteiger partial charge in [-0.15, -0.1) is 11.3 Å². The summed E-state index contributed by atoms with van der Waals surface area (Å²) in [4.78, 5) is 2.83. The highest BCUT2D eigenvalue weighted by Gasteiger charge is 2.56. The highest BCUT2D eigenvalue weighted by molar-refractivity contribution is 7.25. The topological polar surface area (TPSA) is 3.24 Å². The Morgan fingerprint density at radius 1 is 0.394 bits per heavy atom. The van der Waals surface area contributed by atoms with Crippen LogP contribution >= 0.6 is 11.3 Å². The Balaban J connectivity index is 1.03. The Morgan fingerprint density at radius 3 is 1.75 bits per heavy atom. The van der Waals surface area contributed by atoms with E-state index in [4.69, 9.17) is 0 Å². The van der Waals surface area contributed by atoms with Crippen molar-refractivity contribution in [2.45, 2.75) is 106 Å². The molecule has 8 atom stereocenters. The molecule has 6 bridgehead atoms. The van der Waals surface area contributed by atoms with Crippen molar-refractivity contribution in [2.24, 2.45) is 23.7 Å². The molecule has 4 saturated carbocycles. The summed E-state index contributed by atoms with van der Waals surface area (Å²) in [5.41, 5.74) is 25.0. The molecule has 4 fully saturated rings. The van der Waals surface area contributed by atoms with Gasteiger partial charge in [-0.05, 0) is 201 Å². The van der Waals surface area contributed by atoms with Crippen LogP contribution in [0.2, 0.25) is 0 Å².